The van der Waals surface area contributed by atoms with Crippen LogP contribution in [0.5, 0.6) is 0 Å². The molecule has 0 unspecified atom stereocenters. The Morgan fingerprint density at radius 2 is 2.33 bits per heavy atom. The van der Waals surface area contributed by atoms with Gasteiger partial charge in [0.05, 0.1) is 13.1 Å². The summed E-state index contributed by atoms with van der Waals surface area (Å²) < 4.78 is 5.45. The molecule has 24 heavy (non-hydrogen) atoms. The SMILES string of the molecule is CN(CC(=O)N1CCC[C@]2(CC1)CNC(=O)O2)Cc1cccnc1. The van der Waals surface area contributed by atoms with Crippen molar-refractivity contribution >= 4 is 12.0 Å². The van der Waals surface area contributed by atoms with E-state index in [0.717, 1.165) is 24.9 Å². The van der Waals surface area contributed by atoms with Crippen LogP contribution < -0.4 is 5.32 Å². The van der Waals surface area contributed by atoms with Crippen LogP contribution in [0.1, 0.15) is 24.8 Å². The fraction of sp³-hybridized carbons (Fsp3) is 0.588. The van der Waals surface area contributed by atoms with E-state index >= 15 is 0 Å². The molecule has 7 heteroatoms. The van der Waals surface area contributed by atoms with Crippen LogP contribution >= 0.6 is 0 Å². The van der Waals surface area contributed by atoms with Gasteiger partial charge in [-0.1, -0.05) is 6.07 Å². The van der Waals surface area contributed by atoms with Gasteiger partial charge in [-0.05, 0) is 31.5 Å². The summed E-state index contributed by atoms with van der Waals surface area (Å²) in [6.07, 6.45) is 5.58. The predicted molar refractivity (Wildman–Crippen MR) is 88.2 cm³/mol. The van der Waals surface area contributed by atoms with E-state index in [9.17, 15) is 9.59 Å². The molecule has 1 N–H and O–H groups in total. The summed E-state index contributed by atoms with van der Waals surface area (Å²) in [4.78, 5) is 31.9. The van der Waals surface area contributed by atoms with Crippen LogP contribution in [0.4, 0.5) is 4.79 Å². The summed E-state index contributed by atoms with van der Waals surface area (Å²) in [7, 11) is 1.94. The number of likely N-dealkylation sites (N-methyl/N-ethyl adjacent to an activating group) is 1. The van der Waals surface area contributed by atoms with Gasteiger partial charge in [0.1, 0.15) is 5.60 Å². The second kappa shape index (κ2) is 7.17. The quantitative estimate of drug-likeness (QED) is 0.890. The minimum absolute atomic E-state index is 0.121. The highest BCUT2D eigenvalue weighted by molar-refractivity contribution is 5.78. The average molecular weight is 332 g/mol. The van der Waals surface area contributed by atoms with Crippen molar-refractivity contribution in [3.63, 3.8) is 0 Å². The summed E-state index contributed by atoms with van der Waals surface area (Å²) in [5.74, 6) is 0.121. The molecule has 1 aromatic heterocycles. The van der Waals surface area contributed by atoms with Gasteiger partial charge in [-0.3, -0.25) is 14.7 Å². The Labute approximate surface area is 142 Å². The molecule has 2 fully saturated rings. The van der Waals surface area contributed by atoms with E-state index in [4.69, 9.17) is 4.74 Å². The van der Waals surface area contributed by atoms with Crippen molar-refractivity contribution in [3.05, 3.63) is 30.1 Å². The molecule has 1 atom stereocenters. The van der Waals surface area contributed by atoms with Crippen LogP contribution in [-0.4, -0.2) is 65.6 Å². The van der Waals surface area contributed by atoms with Crippen molar-refractivity contribution in [2.45, 2.75) is 31.4 Å². The topological polar surface area (TPSA) is 74.8 Å². The Bertz CT molecular complexity index is 595. The maximum Gasteiger partial charge on any atom is 0.407 e. The van der Waals surface area contributed by atoms with Gasteiger partial charge in [0, 0.05) is 38.4 Å². The minimum Gasteiger partial charge on any atom is -0.441 e. The molecule has 0 aromatic carbocycles. The third kappa shape index (κ3) is 4.03. The summed E-state index contributed by atoms with van der Waals surface area (Å²) in [6.45, 7) is 2.97. The maximum absolute atomic E-state index is 12.6. The Kier molecular flexibility index (Phi) is 4.99. The van der Waals surface area contributed by atoms with Crippen LogP contribution in [0.3, 0.4) is 0 Å². The number of amides is 2. The maximum atomic E-state index is 12.6. The molecule has 0 radical (unpaired) electrons. The lowest BCUT2D eigenvalue weighted by atomic mass is 9.95. The van der Waals surface area contributed by atoms with E-state index in [-0.39, 0.29) is 12.0 Å². The van der Waals surface area contributed by atoms with Gasteiger partial charge >= 0.3 is 6.09 Å². The van der Waals surface area contributed by atoms with E-state index in [2.05, 4.69) is 10.3 Å². The molecule has 3 rings (SSSR count). The molecule has 1 spiro atoms. The second-order valence-corrected chi connectivity index (χ2v) is 6.69. The zero-order chi connectivity index (χ0) is 17.0. The highest BCUT2D eigenvalue weighted by atomic mass is 16.6. The Hall–Kier alpha value is -2.15. The van der Waals surface area contributed by atoms with Crippen molar-refractivity contribution in [2.75, 3.05) is 33.2 Å². The van der Waals surface area contributed by atoms with Crippen molar-refractivity contribution in [1.29, 1.82) is 0 Å². The number of rotatable bonds is 4. The number of ether oxygens (including phenoxy) is 1. The highest BCUT2D eigenvalue weighted by Crippen LogP contribution is 2.29. The van der Waals surface area contributed by atoms with Crippen molar-refractivity contribution < 1.29 is 14.3 Å². The van der Waals surface area contributed by atoms with Gasteiger partial charge in [0.2, 0.25) is 5.91 Å². The fourth-order valence-electron chi connectivity index (χ4n) is 3.39. The Morgan fingerprint density at radius 3 is 3.04 bits per heavy atom. The molecule has 2 amide bonds. The van der Waals surface area contributed by atoms with Crippen molar-refractivity contribution in [1.82, 2.24) is 20.1 Å². The second-order valence-electron chi connectivity index (χ2n) is 6.69. The van der Waals surface area contributed by atoms with Gasteiger partial charge in [-0.25, -0.2) is 4.79 Å². The highest BCUT2D eigenvalue weighted by Gasteiger charge is 2.41. The molecule has 2 saturated heterocycles. The smallest absolute Gasteiger partial charge is 0.407 e. The first-order valence-corrected chi connectivity index (χ1v) is 8.38. The summed E-state index contributed by atoms with van der Waals surface area (Å²) in [5.41, 5.74) is 0.667. The lowest BCUT2D eigenvalue weighted by molar-refractivity contribution is -0.132. The van der Waals surface area contributed by atoms with E-state index < -0.39 is 5.60 Å². The molecule has 7 nitrogen and oxygen atoms in total. The standard InChI is InChI=1S/C17H24N4O3/c1-20(11-14-4-2-7-18-10-14)12-15(22)21-8-3-5-17(6-9-21)13-19-16(23)24-17/h2,4,7,10H,3,5-6,8-9,11-13H2,1H3,(H,19,23)/t17-/m0/s1. The van der Waals surface area contributed by atoms with Gasteiger partial charge in [0.15, 0.2) is 0 Å². The number of likely N-dealkylation sites (tertiary alicyclic amines) is 1. The molecule has 1 aromatic rings. The third-order valence-corrected chi connectivity index (χ3v) is 4.70. The molecule has 130 valence electrons. The number of aromatic nitrogens is 1. The molecule has 0 aliphatic carbocycles. The molecule has 0 saturated carbocycles. The number of nitrogens with one attached hydrogen (secondary N) is 1. The number of hydrogen-bond acceptors (Lipinski definition) is 5. The van der Waals surface area contributed by atoms with Gasteiger partial charge < -0.3 is 15.0 Å². The van der Waals surface area contributed by atoms with Crippen LogP contribution in [-0.2, 0) is 16.1 Å². The van der Waals surface area contributed by atoms with Gasteiger partial charge in [-0.2, -0.15) is 0 Å². The fourth-order valence-corrected chi connectivity index (χ4v) is 3.39. The van der Waals surface area contributed by atoms with Crippen molar-refractivity contribution in [2.24, 2.45) is 0 Å². The van der Waals surface area contributed by atoms with E-state index in [0.29, 0.717) is 32.6 Å². The first-order valence-electron chi connectivity index (χ1n) is 8.38. The molecule has 2 aliphatic rings. The summed E-state index contributed by atoms with van der Waals surface area (Å²) >= 11 is 0. The lowest BCUT2D eigenvalue weighted by Gasteiger charge is -2.26. The zero-order valence-electron chi connectivity index (χ0n) is 14.0. The predicted octanol–water partition coefficient (Wildman–Crippen LogP) is 1.00. The minimum atomic E-state index is -0.423. The number of carbonyl (C=O) groups is 2. The van der Waals surface area contributed by atoms with Crippen LogP contribution in [0, 0.1) is 0 Å². The van der Waals surface area contributed by atoms with Crippen LogP contribution in [0.15, 0.2) is 24.5 Å². The first-order chi connectivity index (χ1) is 11.6. The molecule has 2 aliphatic heterocycles. The number of nitrogens with zero attached hydrogens (tertiary/aromatic N) is 3. The largest absolute Gasteiger partial charge is 0.441 e. The molecule has 0 bridgehead atoms. The summed E-state index contributed by atoms with van der Waals surface area (Å²) in [5, 5.41) is 2.73. The lowest BCUT2D eigenvalue weighted by Crippen LogP contribution is -2.40. The average Bonchev–Trinajstić information content (AvgIpc) is 2.79. The Balaban J connectivity index is 1.51. The zero-order valence-corrected chi connectivity index (χ0v) is 14.0. The molecule has 3 heterocycles. The Morgan fingerprint density at radius 1 is 1.46 bits per heavy atom. The summed E-state index contributed by atoms with van der Waals surface area (Å²) in [6, 6.07) is 3.90. The number of pyridine rings is 1. The van der Waals surface area contributed by atoms with Crippen molar-refractivity contribution in [3.8, 4) is 0 Å². The van der Waals surface area contributed by atoms with Crippen LogP contribution in [0.2, 0.25) is 0 Å². The van der Waals surface area contributed by atoms with E-state index in [1.807, 2.05) is 35.2 Å². The number of alkyl carbamates (subject to hydrolysis) is 1. The van der Waals surface area contributed by atoms with E-state index in [1.54, 1.807) is 6.20 Å². The van der Waals surface area contributed by atoms with Gasteiger partial charge in [0.25, 0.3) is 0 Å². The van der Waals surface area contributed by atoms with Gasteiger partial charge in [-0.15, -0.1) is 0 Å². The number of carbonyl (C=O) groups excluding carboxylic acids is 2. The first kappa shape index (κ1) is 16.7. The number of hydrogen-bond donors (Lipinski definition) is 1. The third-order valence-electron chi connectivity index (χ3n) is 4.70. The van der Waals surface area contributed by atoms with Crippen LogP contribution in [0.25, 0.3) is 0 Å². The normalized spacial score (nSPS) is 23.9. The monoisotopic (exact) mass is 332 g/mol. The molecular formula is C17H24N4O3. The molecular weight excluding hydrogens is 308 g/mol. The van der Waals surface area contributed by atoms with E-state index in [1.165, 1.54) is 0 Å².